The molecule has 0 atom stereocenters. The summed E-state index contributed by atoms with van der Waals surface area (Å²) >= 11 is 11.9. The third-order valence-electron chi connectivity index (χ3n) is 4.66. The molecule has 2 aliphatic rings. The predicted molar refractivity (Wildman–Crippen MR) is 97.2 cm³/mol. The summed E-state index contributed by atoms with van der Waals surface area (Å²) in [4.78, 5) is 12.4. The third kappa shape index (κ3) is 2.02. The summed E-state index contributed by atoms with van der Waals surface area (Å²) in [6.07, 6.45) is 6.31. The number of halogens is 2. The largest absolute Gasteiger partial charge is 0.227 e. The molecule has 1 aromatic heterocycles. The van der Waals surface area contributed by atoms with Gasteiger partial charge in [0.1, 0.15) is 0 Å². The van der Waals surface area contributed by atoms with E-state index in [1.165, 1.54) is 27.5 Å². The minimum Gasteiger partial charge on any atom is -0.198 e. The highest BCUT2D eigenvalue weighted by molar-refractivity contribution is 6.31. The van der Waals surface area contributed by atoms with E-state index >= 15 is 0 Å². The van der Waals surface area contributed by atoms with Crippen molar-refractivity contribution in [1.82, 2.24) is 15.0 Å². The Labute approximate surface area is 148 Å². The maximum absolute atomic E-state index is 5.97. The van der Waals surface area contributed by atoms with Crippen LogP contribution in [0.2, 0.25) is 10.6 Å². The van der Waals surface area contributed by atoms with Crippen LogP contribution in [0.1, 0.15) is 28.9 Å². The second kappa shape index (κ2) is 5.13. The second-order valence-electron chi connectivity index (χ2n) is 5.96. The second-order valence-corrected chi connectivity index (χ2v) is 6.63. The van der Waals surface area contributed by atoms with Crippen molar-refractivity contribution < 1.29 is 0 Å². The molecule has 0 radical (unpaired) electrons. The molecule has 2 aromatic carbocycles. The molecule has 24 heavy (non-hydrogen) atoms. The molecule has 0 saturated carbocycles. The molecule has 0 saturated heterocycles. The van der Waals surface area contributed by atoms with Crippen molar-refractivity contribution in [3.63, 3.8) is 0 Å². The molecule has 1 heterocycles. The number of aromatic nitrogens is 3. The van der Waals surface area contributed by atoms with E-state index in [2.05, 4.69) is 57.4 Å². The van der Waals surface area contributed by atoms with Crippen molar-refractivity contribution in [1.29, 1.82) is 0 Å². The van der Waals surface area contributed by atoms with Gasteiger partial charge in [0.15, 0.2) is 5.82 Å². The van der Waals surface area contributed by atoms with Gasteiger partial charge in [-0.2, -0.15) is 15.0 Å². The normalized spacial score (nSPS) is 15.2. The number of nitrogens with zero attached hydrogens (tertiary/aromatic N) is 3. The Morgan fingerprint density at radius 1 is 0.833 bits per heavy atom. The number of hydrogen-bond donors (Lipinski definition) is 0. The molecule has 0 aliphatic heterocycles. The van der Waals surface area contributed by atoms with E-state index in [0.717, 1.165) is 24.0 Å². The van der Waals surface area contributed by atoms with E-state index in [9.17, 15) is 0 Å². The molecule has 0 N–H and O–H groups in total. The molecule has 0 bridgehead atoms. The van der Waals surface area contributed by atoms with Crippen LogP contribution in [0.5, 0.6) is 0 Å². The molecule has 0 amide bonds. The Kier molecular flexibility index (Phi) is 3.02. The summed E-state index contributed by atoms with van der Waals surface area (Å²) in [6.45, 7) is 0. The van der Waals surface area contributed by atoms with Gasteiger partial charge in [-0.05, 0) is 69.1 Å². The van der Waals surface area contributed by atoms with Gasteiger partial charge in [0.05, 0.1) is 0 Å². The highest BCUT2D eigenvalue weighted by Crippen LogP contribution is 2.43. The smallest absolute Gasteiger partial charge is 0.198 e. The van der Waals surface area contributed by atoms with Crippen LogP contribution in [0.4, 0.5) is 0 Å². The van der Waals surface area contributed by atoms with E-state index in [-0.39, 0.29) is 10.6 Å². The lowest BCUT2D eigenvalue weighted by molar-refractivity contribution is 1.01. The summed E-state index contributed by atoms with van der Waals surface area (Å²) in [5.41, 5.74) is 6.11. The van der Waals surface area contributed by atoms with Gasteiger partial charge < -0.3 is 0 Å². The van der Waals surface area contributed by atoms with Gasteiger partial charge >= 0.3 is 0 Å². The zero-order chi connectivity index (χ0) is 16.3. The van der Waals surface area contributed by atoms with Crippen LogP contribution in [0.25, 0.3) is 21.9 Å². The maximum Gasteiger partial charge on any atom is 0.227 e. The average molecular weight is 352 g/mol. The highest BCUT2D eigenvalue weighted by Gasteiger charge is 2.25. The minimum atomic E-state index is 0.113. The molecular weight excluding hydrogens is 341 g/mol. The van der Waals surface area contributed by atoms with E-state index in [1.54, 1.807) is 0 Å². The Balaban J connectivity index is 1.82. The van der Waals surface area contributed by atoms with Gasteiger partial charge in [0.2, 0.25) is 10.6 Å². The summed E-state index contributed by atoms with van der Waals surface area (Å²) < 4.78 is 0. The minimum absolute atomic E-state index is 0.113. The predicted octanol–water partition coefficient (Wildman–Crippen LogP) is 5.11. The molecule has 0 unspecified atom stereocenters. The maximum atomic E-state index is 5.97. The molecule has 3 aromatic rings. The number of rotatable bonds is 1. The Bertz CT molecular complexity index is 1060. The SMILES string of the molecule is Clc1nc(Cl)nc(C2=CCC3=CCc4cccc5ccc2c3c45)n1. The van der Waals surface area contributed by atoms with Crippen molar-refractivity contribution in [3.05, 3.63) is 75.6 Å². The summed E-state index contributed by atoms with van der Waals surface area (Å²) in [6, 6.07) is 10.8. The molecule has 3 nitrogen and oxygen atoms in total. The molecule has 5 heteroatoms. The summed E-state index contributed by atoms with van der Waals surface area (Å²) in [5, 5.41) is 2.83. The van der Waals surface area contributed by atoms with Gasteiger partial charge in [-0.3, -0.25) is 0 Å². The van der Waals surface area contributed by atoms with Crippen molar-refractivity contribution in [2.45, 2.75) is 12.8 Å². The zero-order valence-electron chi connectivity index (χ0n) is 12.6. The van der Waals surface area contributed by atoms with Crippen LogP contribution in [0, 0.1) is 0 Å². The van der Waals surface area contributed by atoms with E-state index < -0.39 is 0 Å². The molecule has 0 spiro atoms. The fraction of sp³-hybridized carbons (Fsp3) is 0.105. The van der Waals surface area contributed by atoms with Gasteiger partial charge in [-0.1, -0.05) is 42.5 Å². The van der Waals surface area contributed by atoms with Crippen LogP contribution < -0.4 is 0 Å². The fourth-order valence-electron chi connectivity index (χ4n) is 3.68. The van der Waals surface area contributed by atoms with Crippen molar-refractivity contribution >= 4 is 45.1 Å². The Morgan fingerprint density at radius 2 is 1.67 bits per heavy atom. The lowest BCUT2D eigenvalue weighted by Crippen LogP contribution is -2.08. The van der Waals surface area contributed by atoms with Gasteiger partial charge in [-0.25, -0.2) is 0 Å². The standard InChI is InChI=1S/C19H11Cl2N3/c20-18-22-17(23-19(21)24-18)14-9-7-12-5-4-10-2-1-3-11-6-8-13(14)16(12)15(10)11/h1-3,5-6,8-9H,4,7H2. The Morgan fingerprint density at radius 3 is 2.50 bits per heavy atom. The Hall–Kier alpha value is -2.23. The topological polar surface area (TPSA) is 38.7 Å². The number of benzene rings is 2. The zero-order valence-corrected chi connectivity index (χ0v) is 14.1. The first-order valence-corrected chi connectivity index (χ1v) is 8.48. The first-order chi connectivity index (χ1) is 11.7. The summed E-state index contributed by atoms with van der Waals surface area (Å²) in [5.74, 6) is 0.526. The molecular formula is C19H11Cl2N3. The average Bonchev–Trinajstić information content (AvgIpc) is 2.58. The molecule has 0 fully saturated rings. The number of allylic oxidation sites excluding steroid dienone is 3. The highest BCUT2D eigenvalue weighted by atomic mass is 35.5. The summed E-state index contributed by atoms with van der Waals surface area (Å²) in [7, 11) is 0. The van der Waals surface area contributed by atoms with Crippen LogP contribution in [0.3, 0.4) is 0 Å². The van der Waals surface area contributed by atoms with Crippen LogP contribution >= 0.6 is 23.2 Å². The van der Waals surface area contributed by atoms with Crippen molar-refractivity contribution in [2.24, 2.45) is 0 Å². The van der Waals surface area contributed by atoms with Gasteiger partial charge in [0.25, 0.3) is 0 Å². The lowest BCUT2D eigenvalue weighted by atomic mass is 9.78. The van der Waals surface area contributed by atoms with E-state index in [1.807, 2.05) is 0 Å². The van der Waals surface area contributed by atoms with E-state index in [0.29, 0.717) is 5.82 Å². The monoisotopic (exact) mass is 351 g/mol. The molecule has 5 rings (SSSR count). The van der Waals surface area contributed by atoms with Gasteiger partial charge in [0, 0.05) is 5.57 Å². The van der Waals surface area contributed by atoms with Crippen LogP contribution in [-0.4, -0.2) is 15.0 Å². The molecule has 2 aliphatic carbocycles. The van der Waals surface area contributed by atoms with Crippen LogP contribution in [-0.2, 0) is 6.42 Å². The number of hydrogen-bond acceptors (Lipinski definition) is 3. The van der Waals surface area contributed by atoms with Gasteiger partial charge in [-0.15, -0.1) is 0 Å². The first-order valence-electron chi connectivity index (χ1n) is 7.73. The quantitative estimate of drug-likeness (QED) is 0.611. The van der Waals surface area contributed by atoms with Crippen LogP contribution in [0.15, 0.2) is 42.5 Å². The third-order valence-corrected chi connectivity index (χ3v) is 5.00. The van der Waals surface area contributed by atoms with Crippen molar-refractivity contribution in [3.8, 4) is 0 Å². The van der Waals surface area contributed by atoms with E-state index in [4.69, 9.17) is 23.2 Å². The first kappa shape index (κ1) is 14.1. The lowest BCUT2D eigenvalue weighted by Gasteiger charge is -2.26. The fourth-order valence-corrected chi connectivity index (χ4v) is 4.05. The van der Waals surface area contributed by atoms with Crippen molar-refractivity contribution in [2.75, 3.05) is 0 Å². The molecule has 116 valence electrons.